The van der Waals surface area contributed by atoms with Gasteiger partial charge in [-0.3, -0.25) is 0 Å². The summed E-state index contributed by atoms with van der Waals surface area (Å²) in [6.07, 6.45) is -2.72. The van der Waals surface area contributed by atoms with Crippen LogP contribution in [0.25, 0.3) is 0 Å². The molecule has 0 unspecified atom stereocenters. The molecule has 0 fully saturated rings. The number of halogens is 3. The Bertz CT molecular complexity index is 420. The largest absolute Gasteiger partial charge is 0.451 e. The molecule has 20 heavy (non-hydrogen) atoms. The second kappa shape index (κ2) is 7.28. The Morgan fingerprint density at radius 2 is 1.80 bits per heavy atom. The maximum absolute atomic E-state index is 12.6. The zero-order valence-corrected chi connectivity index (χ0v) is 11.9. The molecule has 1 rings (SSSR count). The third-order valence-electron chi connectivity index (χ3n) is 2.57. The van der Waals surface area contributed by atoms with E-state index in [1.165, 1.54) is 13.1 Å². The highest BCUT2D eigenvalue weighted by molar-refractivity contribution is 5.47. The summed E-state index contributed by atoms with van der Waals surface area (Å²) in [5.74, 6) is -0.815. The van der Waals surface area contributed by atoms with E-state index in [0.717, 1.165) is 19.4 Å². The minimum absolute atomic E-state index is 0.142. The number of rotatable bonds is 7. The van der Waals surface area contributed by atoms with Crippen molar-refractivity contribution in [2.75, 3.05) is 44.9 Å². The van der Waals surface area contributed by atoms with Gasteiger partial charge < -0.3 is 15.5 Å². The summed E-state index contributed by atoms with van der Waals surface area (Å²) < 4.78 is 37.9. The van der Waals surface area contributed by atoms with E-state index >= 15 is 0 Å². The van der Waals surface area contributed by atoms with Crippen molar-refractivity contribution in [3.63, 3.8) is 0 Å². The van der Waals surface area contributed by atoms with Crippen LogP contribution in [0.2, 0.25) is 0 Å². The van der Waals surface area contributed by atoms with Crippen molar-refractivity contribution in [1.29, 1.82) is 0 Å². The van der Waals surface area contributed by atoms with Gasteiger partial charge in [-0.2, -0.15) is 13.2 Å². The van der Waals surface area contributed by atoms with Crippen LogP contribution >= 0.6 is 0 Å². The molecule has 1 aromatic rings. The van der Waals surface area contributed by atoms with Crippen LogP contribution in [0.3, 0.4) is 0 Å². The summed E-state index contributed by atoms with van der Waals surface area (Å²) in [6, 6.07) is 1.46. The average Bonchev–Trinajstić information content (AvgIpc) is 2.36. The SMILES string of the molecule is CNc1cc(NCCCCN(C)C)nc(C(F)(F)F)n1. The van der Waals surface area contributed by atoms with Crippen LogP contribution in [-0.2, 0) is 6.18 Å². The number of alkyl halides is 3. The molecule has 0 atom stereocenters. The van der Waals surface area contributed by atoms with E-state index in [0.29, 0.717) is 6.54 Å². The smallest absolute Gasteiger partial charge is 0.373 e. The topological polar surface area (TPSA) is 53.1 Å². The van der Waals surface area contributed by atoms with Gasteiger partial charge in [0.2, 0.25) is 5.82 Å². The number of hydrogen-bond acceptors (Lipinski definition) is 5. The Balaban J connectivity index is 2.61. The minimum atomic E-state index is -4.55. The highest BCUT2D eigenvalue weighted by atomic mass is 19.4. The Hall–Kier alpha value is -1.57. The molecule has 0 aromatic carbocycles. The fourth-order valence-electron chi connectivity index (χ4n) is 1.56. The molecule has 0 amide bonds. The molecule has 114 valence electrons. The van der Waals surface area contributed by atoms with Gasteiger partial charge in [-0.25, -0.2) is 9.97 Å². The average molecular weight is 291 g/mol. The van der Waals surface area contributed by atoms with Crippen LogP contribution in [0.4, 0.5) is 24.8 Å². The fourth-order valence-corrected chi connectivity index (χ4v) is 1.56. The van der Waals surface area contributed by atoms with Crippen molar-refractivity contribution in [3.8, 4) is 0 Å². The first-order valence-corrected chi connectivity index (χ1v) is 6.35. The molecule has 0 aliphatic rings. The molecule has 2 N–H and O–H groups in total. The maximum Gasteiger partial charge on any atom is 0.451 e. The van der Waals surface area contributed by atoms with E-state index in [2.05, 4.69) is 25.5 Å². The van der Waals surface area contributed by atoms with Gasteiger partial charge in [-0.15, -0.1) is 0 Å². The second-order valence-corrected chi connectivity index (χ2v) is 4.65. The third-order valence-corrected chi connectivity index (χ3v) is 2.57. The van der Waals surface area contributed by atoms with E-state index in [-0.39, 0.29) is 11.6 Å². The molecule has 0 radical (unpaired) electrons. The zero-order chi connectivity index (χ0) is 15.2. The summed E-state index contributed by atoms with van der Waals surface area (Å²) >= 11 is 0. The standard InChI is InChI=1S/C12H20F3N5/c1-16-9-8-10(17-6-4-5-7-20(2)3)19-11(18-9)12(13,14)15/h8H,4-7H2,1-3H3,(H2,16,17,18,19). The molecule has 0 aliphatic carbocycles. The van der Waals surface area contributed by atoms with Crippen LogP contribution in [-0.4, -0.2) is 49.1 Å². The lowest BCUT2D eigenvalue weighted by molar-refractivity contribution is -0.144. The molecule has 0 spiro atoms. The molecule has 0 saturated heterocycles. The van der Waals surface area contributed by atoms with Crippen LogP contribution in [0.5, 0.6) is 0 Å². The van der Waals surface area contributed by atoms with E-state index in [4.69, 9.17) is 0 Å². The first-order chi connectivity index (χ1) is 9.32. The van der Waals surface area contributed by atoms with Gasteiger partial charge in [0.25, 0.3) is 0 Å². The van der Waals surface area contributed by atoms with Gasteiger partial charge in [0.1, 0.15) is 11.6 Å². The van der Waals surface area contributed by atoms with E-state index in [1.54, 1.807) is 0 Å². The molecular weight excluding hydrogens is 271 g/mol. The zero-order valence-electron chi connectivity index (χ0n) is 11.9. The molecule has 0 bridgehead atoms. The Labute approximate surface area is 116 Å². The predicted octanol–water partition coefficient (Wildman–Crippen LogP) is 2.29. The van der Waals surface area contributed by atoms with E-state index < -0.39 is 12.0 Å². The van der Waals surface area contributed by atoms with Gasteiger partial charge in [0, 0.05) is 19.7 Å². The van der Waals surface area contributed by atoms with Crippen LogP contribution < -0.4 is 10.6 Å². The lowest BCUT2D eigenvalue weighted by atomic mass is 10.3. The fraction of sp³-hybridized carbons (Fsp3) is 0.667. The number of nitrogens with one attached hydrogen (secondary N) is 2. The molecule has 1 aromatic heterocycles. The lowest BCUT2D eigenvalue weighted by Gasteiger charge is -2.12. The number of hydrogen-bond donors (Lipinski definition) is 2. The first-order valence-electron chi connectivity index (χ1n) is 6.35. The number of aromatic nitrogens is 2. The van der Waals surface area contributed by atoms with Crippen molar-refractivity contribution in [1.82, 2.24) is 14.9 Å². The predicted molar refractivity (Wildman–Crippen MR) is 72.9 cm³/mol. The van der Waals surface area contributed by atoms with E-state index in [1.807, 2.05) is 14.1 Å². The highest BCUT2D eigenvalue weighted by Gasteiger charge is 2.35. The molecule has 0 aliphatic heterocycles. The van der Waals surface area contributed by atoms with Gasteiger partial charge in [-0.1, -0.05) is 0 Å². The molecular formula is C12H20F3N5. The molecule has 1 heterocycles. The number of nitrogens with zero attached hydrogens (tertiary/aromatic N) is 3. The molecule has 5 nitrogen and oxygen atoms in total. The van der Waals surface area contributed by atoms with Crippen molar-refractivity contribution >= 4 is 11.6 Å². The van der Waals surface area contributed by atoms with Crippen molar-refractivity contribution in [2.24, 2.45) is 0 Å². The van der Waals surface area contributed by atoms with Gasteiger partial charge in [0.15, 0.2) is 0 Å². The summed E-state index contributed by atoms with van der Waals surface area (Å²) in [6.45, 7) is 1.52. The van der Waals surface area contributed by atoms with Crippen LogP contribution in [0.1, 0.15) is 18.7 Å². The van der Waals surface area contributed by atoms with Crippen molar-refractivity contribution in [3.05, 3.63) is 11.9 Å². The second-order valence-electron chi connectivity index (χ2n) is 4.65. The quantitative estimate of drug-likeness (QED) is 0.755. The minimum Gasteiger partial charge on any atom is -0.373 e. The summed E-state index contributed by atoms with van der Waals surface area (Å²) in [5.41, 5.74) is 0. The monoisotopic (exact) mass is 291 g/mol. The Morgan fingerprint density at radius 1 is 1.15 bits per heavy atom. The summed E-state index contributed by atoms with van der Waals surface area (Å²) in [7, 11) is 5.47. The summed E-state index contributed by atoms with van der Waals surface area (Å²) in [5, 5.41) is 5.49. The van der Waals surface area contributed by atoms with Gasteiger partial charge in [-0.05, 0) is 33.5 Å². The lowest BCUT2D eigenvalue weighted by Crippen LogP contribution is -2.16. The molecule has 8 heteroatoms. The van der Waals surface area contributed by atoms with Crippen LogP contribution in [0.15, 0.2) is 6.07 Å². The molecule has 0 saturated carbocycles. The van der Waals surface area contributed by atoms with Crippen LogP contribution in [0, 0.1) is 0 Å². The van der Waals surface area contributed by atoms with Gasteiger partial charge >= 0.3 is 6.18 Å². The van der Waals surface area contributed by atoms with Crippen molar-refractivity contribution in [2.45, 2.75) is 19.0 Å². The van der Waals surface area contributed by atoms with E-state index in [9.17, 15) is 13.2 Å². The third kappa shape index (κ3) is 5.60. The highest BCUT2D eigenvalue weighted by Crippen LogP contribution is 2.28. The number of anilines is 2. The van der Waals surface area contributed by atoms with Gasteiger partial charge in [0.05, 0.1) is 0 Å². The first kappa shape index (κ1) is 16.5. The normalized spacial score (nSPS) is 11.8. The Morgan fingerprint density at radius 3 is 2.35 bits per heavy atom. The Kier molecular flexibility index (Phi) is 6.00. The van der Waals surface area contributed by atoms with Crippen molar-refractivity contribution < 1.29 is 13.2 Å². The number of unbranched alkanes of at least 4 members (excludes halogenated alkanes) is 1. The summed E-state index contributed by atoms with van der Waals surface area (Å²) in [4.78, 5) is 8.95. The maximum atomic E-state index is 12.6.